The molecule has 0 aliphatic rings. The van der Waals surface area contributed by atoms with Crippen LogP contribution in [0, 0.1) is 11.3 Å². The fourth-order valence-corrected chi connectivity index (χ4v) is 2.07. The van der Waals surface area contributed by atoms with E-state index in [1.165, 1.54) is 20.4 Å². The van der Waals surface area contributed by atoms with Crippen molar-refractivity contribution < 1.29 is 14.3 Å². The Bertz CT molecular complexity index is 678. The highest BCUT2D eigenvalue weighted by Gasteiger charge is 2.26. The van der Waals surface area contributed by atoms with Crippen molar-refractivity contribution in [2.24, 2.45) is 0 Å². The predicted octanol–water partition coefficient (Wildman–Crippen LogP) is 2.59. The van der Waals surface area contributed by atoms with Crippen LogP contribution in [0.2, 0.25) is 0 Å². The van der Waals surface area contributed by atoms with E-state index >= 15 is 0 Å². The molecular formula is C16H14N2O3. The van der Waals surface area contributed by atoms with Crippen LogP contribution in [0.15, 0.2) is 42.7 Å². The summed E-state index contributed by atoms with van der Waals surface area (Å²) in [6.07, 6.45) is 3.10. The number of aromatic nitrogens is 1. The van der Waals surface area contributed by atoms with Gasteiger partial charge in [-0.25, -0.2) is 0 Å². The summed E-state index contributed by atoms with van der Waals surface area (Å²) in [6.45, 7) is 0. The van der Waals surface area contributed by atoms with Crippen molar-refractivity contribution in [1.29, 1.82) is 5.26 Å². The van der Waals surface area contributed by atoms with Crippen LogP contribution in [0.5, 0.6) is 11.5 Å². The SMILES string of the molecule is COc1cccc(C(=O)C(C#N)c2cccnc2)c1OC. The van der Waals surface area contributed by atoms with Crippen molar-refractivity contribution in [2.75, 3.05) is 14.2 Å². The van der Waals surface area contributed by atoms with Crippen molar-refractivity contribution in [2.45, 2.75) is 5.92 Å². The lowest BCUT2D eigenvalue weighted by Crippen LogP contribution is -2.13. The smallest absolute Gasteiger partial charge is 0.188 e. The van der Waals surface area contributed by atoms with Gasteiger partial charge in [0.1, 0.15) is 5.92 Å². The molecule has 0 saturated carbocycles. The van der Waals surface area contributed by atoms with E-state index in [-0.39, 0.29) is 5.78 Å². The van der Waals surface area contributed by atoms with Crippen LogP contribution in [0.3, 0.4) is 0 Å². The number of pyridine rings is 1. The molecule has 0 radical (unpaired) electrons. The van der Waals surface area contributed by atoms with Crippen LogP contribution < -0.4 is 9.47 Å². The third kappa shape index (κ3) is 2.84. The zero-order chi connectivity index (χ0) is 15.2. The van der Waals surface area contributed by atoms with Crippen molar-refractivity contribution in [1.82, 2.24) is 4.98 Å². The summed E-state index contributed by atoms with van der Waals surface area (Å²) in [5.41, 5.74) is 0.863. The quantitative estimate of drug-likeness (QED) is 0.788. The molecular weight excluding hydrogens is 268 g/mol. The Hall–Kier alpha value is -2.87. The molecule has 5 nitrogen and oxygen atoms in total. The second-order valence-corrected chi connectivity index (χ2v) is 4.25. The number of nitrogens with zero attached hydrogens (tertiary/aromatic N) is 2. The average molecular weight is 282 g/mol. The van der Waals surface area contributed by atoms with Crippen LogP contribution in [0.4, 0.5) is 0 Å². The normalized spacial score (nSPS) is 11.3. The Morgan fingerprint density at radius 2 is 2.05 bits per heavy atom. The lowest BCUT2D eigenvalue weighted by molar-refractivity contribution is 0.0975. The maximum Gasteiger partial charge on any atom is 0.188 e. The maximum atomic E-state index is 12.6. The minimum absolute atomic E-state index is 0.312. The first kappa shape index (κ1) is 14.5. The number of carbonyl (C=O) groups excluding carboxylic acids is 1. The van der Waals surface area contributed by atoms with Gasteiger partial charge < -0.3 is 9.47 Å². The maximum absolute atomic E-state index is 12.6. The summed E-state index contributed by atoms with van der Waals surface area (Å²) in [4.78, 5) is 16.6. The minimum Gasteiger partial charge on any atom is -0.493 e. The first-order chi connectivity index (χ1) is 10.2. The summed E-state index contributed by atoms with van der Waals surface area (Å²) >= 11 is 0. The fourth-order valence-electron chi connectivity index (χ4n) is 2.07. The van der Waals surface area contributed by atoms with Gasteiger partial charge >= 0.3 is 0 Å². The number of hydrogen-bond acceptors (Lipinski definition) is 5. The van der Waals surface area contributed by atoms with E-state index < -0.39 is 5.92 Å². The number of rotatable bonds is 5. The largest absolute Gasteiger partial charge is 0.493 e. The number of nitriles is 1. The molecule has 0 spiro atoms. The van der Waals surface area contributed by atoms with E-state index in [9.17, 15) is 10.1 Å². The Labute approximate surface area is 122 Å². The Morgan fingerprint density at radius 1 is 1.24 bits per heavy atom. The molecule has 0 aliphatic heterocycles. The zero-order valence-electron chi connectivity index (χ0n) is 11.7. The highest BCUT2D eigenvalue weighted by molar-refractivity contribution is 6.05. The van der Waals surface area contributed by atoms with Crippen molar-refractivity contribution in [3.8, 4) is 17.6 Å². The molecule has 21 heavy (non-hydrogen) atoms. The lowest BCUT2D eigenvalue weighted by atomic mass is 9.92. The monoisotopic (exact) mass is 282 g/mol. The van der Waals surface area contributed by atoms with Gasteiger partial charge in [0.25, 0.3) is 0 Å². The number of ether oxygens (including phenoxy) is 2. The van der Waals surface area contributed by atoms with Crippen LogP contribution in [-0.2, 0) is 0 Å². The first-order valence-corrected chi connectivity index (χ1v) is 6.27. The van der Waals surface area contributed by atoms with Gasteiger partial charge in [0.05, 0.1) is 25.9 Å². The summed E-state index contributed by atoms with van der Waals surface area (Å²) in [7, 11) is 2.95. The van der Waals surface area contributed by atoms with E-state index in [2.05, 4.69) is 4.98 Å². The zero-order valence-corrected chi connectivity index (χ0v) is 11.7. The molecule has 1 atom stereocenters. The Morgan fingerprint density at radius 3 is 2.62 bits per heavy atom. The summed E-state index contributed by atoms with van der Waals surface area (Å²) in [5.74, 6) is -0.499. The molecule has 0 amide bonds. The van der Waals surface area contributed by atoms with Gasteiger partial charge in [-0.2, -0.15) is 5.26 Å². The molecule has 0 fully saturated rings. The topological polar surface area (TPSA) is 72.2 Å². The number of hydrogen-bond donors (Lipinski definition) is 0. The van der Waals surface area contributed by atoms with Crippen molar-refractivity contribution in [3.05, 3.63) is 53.9 Å². The van der Waals surface area contributed by atoms with Crippen LogP contribution >= 0.6 is 0 Å². The molecule has 2 rings (SSSR count). The lowest BCUT2D eigenvalue weighted by Gasteiger charge is -2.14. The second-order valence-electron chi connectivity index (χ2n) is 4.25. The second kappa shape index (κ2) is 6.53. The van der Waals surface area contributed by atoms with E-state index in [0.717, 1.165) is 0 Å². The van der Waals surface area contributed by atoms with Crippen LogP contribution in [-0.4, -0.2) is 25.0 Å². The summed E-state index contributed by atoms with van der Waals surface area (Å²) in [5, 5.41) is 9.33. The number of carbonyl (C=O) groups is 1. The summed E-state index contributed by atoms with van der Waals surface area (Å²) in [6, 6.07) is 10.4. The highest BCUT2D eigenvalue weighted by atomic mass is 16.5. The minimum atomic E-state index is -0.931. The van der Waals surface area contributed by atoms with E-state index in [1.807, 2.05) is 6.07 Å². The number of methoxy groups -OCH3 is 2. The van der Waals surface area contributed by atoms with Gasteiger partial charge in [-0.1, -0.05) is 12.1 Å². The van der Waals surface area contributed by atoms with Gasteiger partial charge in [0, 0.05) is 12.4 Å². The van der Waals surface area contributed by atoms with Crippen molar-refractivity contribution >= 4 is 5.78 Å². The standard InChI is InChI=1S/C16H14N2O3/c1-20-14-7-3-6-12(16(14)21-2)15(19)13(9-17)11-5-4-8-18-10-11/h3-8,10,13H,1-2H3. The van der Waals surface area contributed by atoms with Gasteiger partial charge in [-0.15, -0.1) is 0 Å². The van der Waals surface area contributed by atoms with Gasteiger partial charge in [-0.05, 0) is 23.8 Å². The molecule has 106 valence electrons. The molecule has 5 heteroatoms. The van der Waals surface area contributed by atoms with Gasteiger partial charge in [0.2, 0.25) is 0 Å². The Kier molecular flexibility index (Phi) is 4.52. The molecule has 0 aliphatic carbocycles. The Balaban J connectivity index is 2.47. The van der Waals surface area contributed by atoms with Crippen LogP contribution in [0.25, 0.3) is 0 Å². The van der Waals surface area contributed by atoms with Gasteiger partial charge in [-0.3, -0.25) is 9.78 Å². The molecule has 0 N–H and O–H groups in total. The molecule has 1 unspecified atom stereocenters. The van der Waals surface area contributed by atoms with Crippen molar-refractivity contribution in [3.63, 3.8) is 0 Å². The number of benzene rings is 1. The highest BCUT2D eigenvalue weighted by Crippen LogP contribution is 2.33. The average Bonchev–Trinajstić information content (AvgIpc) is 2.55. The van der Waals surface area contributed by atoms with E-state index in [1.54, 1.807) is 36.5 Å². The molecule has 0 bridgehead atoms. The molecule has 1 aromatic carbocycles. The van der Waals surface area contributed by atoms with E-state index in [4.69, 9.17) is 9.47 Å². The molecule has 0 saturated heterocycles. The first-order valence-electron chi connectivity index (χ1n) is 6.27. The van der Waals surface area contributed by atoms with Crippen LogP contribution in [0.1, 0.15) is 21.8 Å². The number of para-hydroxylation sites is 1. The molecule has 2 aromatic rings. The third-order valence-electron chi connectivity index (χ3n) is 3.08. The van der Waals surface area contributed by atoms with Gasteiger partial charge in [0.15, 0.2) is 17.3 Å². The molecule has 1 aromatic heterocycles. The fraction of sp³-hybridized carbons (Fsp3) is 0.188. The number of Topliss-reactive ketones (excluding diaryl/α,β-unsaturated/α-hetero) is 1. The number of ketones is 1. The molecule has 1 heterocycles. The third-order valence-corrected chi connectivity index (χ3v) is 3.08. The summed E-state index contributed by atoms with van der Waals surface area (Å²) < 4.78 is 10.4. The van der Waals surface area contributed by atoms with E-state index in [0.29, 0.717) is 22.6 Å². The predicted molar refractivity (Wildman–Crippen MR) is 76.5 cm³/mol.